The summed E-state index contributed by atoms with van der Waals surface area (Å²) in [6.07, 6.45) is 0. The van der Waals surface area contributed by atoms with Crippen LogP contribution in [0.2, 0.25) is 0 Å². The SMILES string of the molecule is COc1ccc(Br)c(-c2cc(C(=O)O)nn2C)c1OC. The Balaban J connectivity index is 2.71. The van der Waals surface area contributed by atoms with Crippen LogP contribution in [0.4, 0.5) is 0 Å². The van der Waals surface area contributed by atoms with E-state index in [0.29, 0.717) is 22.8 Å². The molecule has 7 heteroatoms. The van der Waals surface area contributed by atoms with Crippen molar-refractivity contribution >= 4 is 21.9 Å². The minimum absolute atomic E-state index is 0.0285. The highest BCUT2D eigenvalue weighted by atomic mass is 79.9. The minimum atomic E-state index is -1.08. The van der Waals surface area contributed by atoms with Crippen LogP contribution in [-0.4, -0.2) is 35.1 Å². The molecule has 0 unspecified atom stereocenters. The van der Waals surface area contributed by atoms with Crippen molar-refractivity contribution in [3.05, 3.63) is 28.4 Å². The van der Waals surface area contributed by atoms with Crippen LogP contribution in [0.25, 0.3) is 11.3 Å². The molecule has 0 radical (unpaired) electrons. The molecule has 1 aromatic carbocycles. The lowest BCUT2D eigenvalue weighted by molar-refractivity contribution is 0.0689. The summed E-state index contributed by atoms with van der Waals surface area (Å²) in [5, 5.41) is 13.0. The molecule has 0 bridgehead atoms. The summed E-state index contributed by atoms with van der Waals surface area (Å²) in [7, 11) is 4.75. The number of aryl methyl sites for hydroxylation is 1. The van der Waals surface area contributed by atoms with Crippen molar-refractivity contribution in [1.82, 2.24) is 9.78 Å². The van der Waals surface area contributed by atoms with Gasteiger partial charge in [0.05, 0.1) is 25.5 Å². The molecule has 106 valence electrons. The van der Waals surface area contributed by atoms with Gasteiger partial charge in [0.2, 0.25) is 0 Å². The normalized spacial score (nSPS) is 10.4. The average molecular weight is 341 g/mol. The van der Waals surface area contributed by atoms with Crippen molar-refractivity contribution in [1.29, 1.82) is 0 Å². The molecule has 0 fully saturated rings. The summed E-state index contributed by atoms with van der Waals surface area (Å²) < 4.78 is 12.9. The monoisotopic (exact) mass is 340 g/mol. The second kappa shape index (κ2) is 5.54. The first kappa shape index (κ1) is 14.4. The van der Waals surface area contributed by atoms with Crippen molar-refractivity contribution in [3.63, 3.8) is 0 Å². The number of carboxylic acids is 1. The number of rotatable bonds is 4. The van der Waals surface area contributed by atoms with Gasteiger partial charge in [-0.2, -0.15) is 5.10 Å². The predicted octanol–water partition coefficient (Wildman–Crippen LogP) is 2.57. The minimum Gasteiger partial charge on any atom is -0.493 e. The van der Waals surface area contributed by atoms with Gasteiger partial charge < -0.3 is 14.6 Å². The molecule has 0 saturated heterocycles. The Morgan fingerprint density at radius 1 is 1.35 bits per heavy atom. The fourth-order valence-electron chi connectivity index (χ4n) is 1.95. The Kier molecular flexibility index (Phi) is 3.99. The summed E-state index contributed by atoms with van der Waals surface area (Å²) >= 11 is 3.44. The molecule has 1 aromatic heterocycles. The molecule has 0 amide bonds. The van der Waals surface area contributed by atoms with E-state index in [2.05, 4.69) is 21.0 Å². The third-order valence-corrected chi connectivity index (χ3v) is 3.51. The fourth-order valence-corrected chi connectivity index (χ4v) is 2.46. The largest absolute Gasteiger partial charge is 0.493 e. The average Bonchev–Trinajstić information content (AvgIpc) is 2.80. The molecule has 1 N–H and O–H groups in total. The standard InChI is InChI=1S/C13H13BrN2O4/c1-16-9(6-8(15-16)13(17)18)11-7(14)4-5-10(19-2)12(11)20-3/h4-6H,1-3H3,(H,17,18). The number of hydrogen-bond donors (Lipinski definition) is 1. The first-order chi connectivity index (χ1) is 9.49. The second-order valence-electron chi connectivity index (χ2n) is 4.00. The van der Waals surface area contributed by atoms with Crippen LogP contribution >= 0.6 is 15.9 Å². The first-order valence-electron chi connectivity index (χ1n) is 5.67. The van der Waals surface area contributed by atoms with Crippen LogP contribution in [0.5, 0.6) is 11.5 Å². The third-order valence-electron chi connectivity index (χ3n) is 2.85. The van der Waals surface area contributed by atoms with Gasteiger partial charge in [-0.15, -0.1) is 0 Å². The zero-order chi connectivity index (χ0) is 14.9. The van der Waals surface area contributed by atoms with Gasteiger partial charge >= 0.3 is 5.97 Å². The number of benzene rings is 1. The Morgan fingerprint density at radius 3 is 2.55 bits per heavy atom. The number of carbonyl (C=O) groups is 1. The lowest BCUT2D eigenvalue weighted by Crippen LogP contribution is -2.00. The number of hydrogen-bond acceptors (Lipinski definition) is 4. The van der Waals surface area contributed by atoms with Crippen molar-refractivity contribution in [2.75, 3.05) is 14.2 Å². The van der Waals surface area contributed by atoms with Crippen molar-refractivity contribution in [2.45, 2.75) is 0 Å². The lowest BCUT2D eigenvalue weighted by atomic mass is 10.1. The van der Waals surface area contributed by atoms with Gasteiger partial charge in [-0.25, -0.2) is 4.79 Å². The highest BCUT2D eigenvalue weighted by molar-refractivity contribution is 9.10. The van der Waals surface area contributed by atoms with Crippen LogP contribution < -0.4 is 9.47 Å². The van der Waals surface area contributed by atoms with E-state index >= 15 is 0 Å². The Hall–Kier alpha value is -2.02. The molecule has 0 aliphatic carbocycles. The second-order valence-corrected chi connectivity index (χ2v) is 4.86. The molecule has 0 aliphatic rings. The van der Waals surface area contributed by atoms with Gasteiger partial charge in [0, 0.05) is 11.5 Å². The number of nitrogens with zero attached hydrogens (tertiary/aromatic N) is 2. The van der Waals surface area contributed by atoms with Crippen LogP contribution in [0.1, 0.15) is 10.5 Å². The lowest BCUT2D eigenvalue weighted by Gasteiger charge is -2.14. The molecule has 0 aliphatic heterocycles. The molecule has 2 aromatic rings. The van der Waals surface area contributed by atoms with E-state index < -0.39 is 5.97 Å². The molecular formula is C13H13BrN2O4. The molecule has 6 nitrogen and oxygen atoms in total. The van der Waals surface area contributed by atoms with Gasteiger partial charge in [-0.05, 0) is 34.1 Å². The Morgan fingerprint density at radius 2 is 2.05 bits per heavy atom. The van der Waals surface area contributed by atoms with Gasteiger partial charge in [0.15, 0.2) is 17.2 Å². The number of methoxy groups -OCH3 is 2. The predicted molar refractivity (Wildman–Crippen MR) is 76.4 cm³/mol. The maximum Gasteiger partial charge on any atom is 0.356 e. The fraction of sp³-hybridized carbons (Fsp3) is 0.231. The molecule has 20 heavy (non-hydrogen) atoms. The molecule has 0 atom stereocenters. The summed E-state index contributed by atoms with van der Waals surface area (Å²) in [5.74, 6) is -0.00424. The molecule has 0 saturated carbocycles. The van der Waals surface area contributed by atoms with Gasteiger partial charge in [-0.3, -0.25) is 4.68 Å². The van der Waals surface area contributed by atoms with E-state index in [1.807, 2.05) is 6.07 Å². The van der Waals surface area contributed by atoms with Crippen molar-refractivity contribution in [3.8, 4) is 22.8 Å². The topological polar surface area (TPSA) is 73.6 Å². The van der Waals surface area contributed by atoms with Crippen molar-refractivity contribution < 1.29 is 19.4 Å². The quantitative estimate of drug-likeness (QED) is 0.925. The maximum atomic E-state index is 11.0. The van der Waals surface area contributed by atoms with Gasteiger partial charge in [0.1, 0.15) is 0 Å². The first-order valence-corrected chi connectivity index (χ1v) is 6.47. The van der Waals surface area contributed by atoms with Crippen molar-refractivity contribution in [2.24, 2.45) is 7.05 Å². The number of carboxylic acid groups (broad SMARTS) is 1. The van der Waals surface area contributed by atoms with E-state index in [4.69, 9.17) is 14.6 Å². The van der Waals surface area contributed by atoms with Crippen LogP contribution in [0.3, 0.4) is 0 Å². The van der Waals surface area contributed by atoms with Crippen LogP contribution in [0.15, 0.2) is 22.7 Å². The molecule has 0 spiro atoms. The van der Waals surface area contributed by atoms with Gasteiger partial charge in [0.25, 0.3) is 0 Å². The summed E-state index contributed by atoms with van der Waals surface area (Å²) in [5.41, 5.74) is 1.28. The number of aromatic nitrogens is 2. The summed E-state index contributed by atoms with van der Waals surface area (Å²) in [4.78, 5) is 11.0. The van der Waals surface area contributed by atoms with E-state index in [1.54, 1.807) is 20.2 Å². The van der Waals surface area contributed by atoms with Crippen LogP contribution in [-0.2, 0) is 7.05 Å². The van der Waals surface area contributed by atoms with E-state index in [9.17, 15) is 4.79 Å². The highest BCUT2D eigenvalue weighted by Crippen LogP contribution is 2.42. The van der Waals surface area contributed by atoms with E-state index in [0.717, 1.165) is 4.47 Å². The van der Waals surface area contributed by atoms with Gasteiger partial charge in [-0.1, -0.05) is 0 Å². The van der Waals surface area contributed by atoms with Crippen LogP contribution in [0, 0.1) is 0 Å². The number of halogens is 1. The smallest absolute Gasteiger partial charge is 0.356 e. The van der Waals surface area contributed by atoms with E-state index in [-0.39, 0.29) is 5.69 Å². The summed E-state index contributed by atoms with van der Waals surface area (Å²) in [6, 6.07) is 5.06. The molecular weight excluding hydrogens is 328 g/mol. The number of ether oxygens (including phenoxy) is 2. The zero-order valence-corrected chi connectivity index (χ0v) is 12.8. The number of aromatic carboxylic acids is 1. The Labute approximate surface area is 124 Å². The Bertz CT molecular complexity index is 667. The van der Waals surface area contributed by atoms with E-state index in [1.165, 1.54) is 17.9 Å². The highest BCUT2D eigenvalue weighted by Gasteiger charge is 2.21. The third kappa shape index (κ3) is 2.36. The zero-order valence-electron chi connectivity index (χ0n) is 11.2. The molecule has 1 heterocycles. The maximum absolute atomic E-state index is 11.0. The summed E-state index contributed by atoms with van der Waals surface area (Å²) in [6.45, 7) is 0. The molecule has 2 rings (SSSR count).